The second-order valence-corrected chi connectivity index (χ2v) is 6.30. The van der Waals surface area contributed by atoms with Crippen LogP contribution in [-0.2, 0) is 13.0 Å². The lowest BCUT2D eigenvalue weighted by molar-refractivity contribution is 0.0946. The molecule has 0 bridgehead atoms. The molecule has 0 saturated heterocycles. The third-order valence-corrected chi connectivity index (χ3v) is 4.37. The fourth-order valence-corrected chi connectivity index (χ4v) is 2.80. The Balaban J connectivity index is 1.66. The summed E-state index contributed by atoms with van der Waals surface area (Å²) in [6, 6.07) is 13.5. The summed E-state index contributed by atoms with van der Waals surface area (Å²) in [4.78, 5) is 12.6. The van der Waals surface area contributed by atoms with Gasteiger partial charge in [-0.05, 0) is 48.7 Å². The maximum Gasteiger partial charge on any atom is 0.275 e. The van der Waals surface area contributed by atoms with Gasteiger partial charge in [-0.3, -0.25) is 4.79 Å². The molecule has 3 rings (SSSR count). The molecule has 0 atom stereocenters. The molecule has 3 N–H and O–H groups in total. The van der Waals surface area contributed by atoms with E-state index in [-0.39, 0.29) is 11.6 Å². The number of carbonyl (C=O) groups excluding carboxylic acids is 1. The normalized spacial score (nSPS) is 10.4. The van der Waals surface area contributed by atoms with Crippen molar-refractivity contribution in [2.45, 2.75) is 26.8 Å². The summed E-state index contributed by atoms with van der Waals surface area (Å²) in [5.41, 5.74) is 3.15. The lowest BCUT2D eigenvalue weighted by atomic mass is 10.1. The molecule has 8 heteroatoms. The van der Waals surface area contributed by atoms with E-state index in [9.17, 15) is 4.79 Å². The first-order chi connectivity index (χ1) is 14.1. The number of nitrogens with zero attached hydrogens (tertiary/aromatic N) is 2. The Bertz CT molecular complexity index is 953. The van der Waals surface area contributed by atoms with Gasteiger partial charge >= 0.3 is 0 Å². The van der Waals surface area contributed by atoms with Crippen LogP contribution in [0.2, 0.25) is 0 Å². The molecule has 0 spiro atoms. The van der Waals surface area contributed by atoms with Crippen molar-refractivity contribution >= 4 is 17.4 Å². The van der Waals surface area contributed by atoms with Crippen LogP contribution in [-0.4, -0.2) is 35.0 Å². The van der Waals surface area contributed by atoms with E-state index in [2.05, 4.69) is 33.0 Å². The number of aromatic nitrogens is 3. The number of anilines is 2. The van der Waals surface area contributed by atoms with Gasteiger partial charge in [-0.2, -0.15) is 5.21 Å². The Kier molecular flexibility index (Phi) is 6.67. The molecule has 0 aliphatic heterocycles. The predicted octanol–water partition coefficient (Wildman–Crippen LogP) is 3.45. The van der Waals surface area contributed by atoms with E-state index in [0.29, 0.717) is 30.5 Å². The minimum Gasteiger partial charge on any atom is -0.493 e. The van der Waals surface area contributed by atoms with Crippen molar-refractivity contribution in [3.63, 3.8) is 0 Å². The molecule has 8 nitrogen and oxygen atoms in total. The number of hydrogen-bond donors (Lipinski definition) is 3. The molecule has 152 valence electrons. The van der Waals surface area contributed by atoms with Crippen molar-refractivity contribution in [1.82, 2.24) is 20.7 Å². The zero-order chi connectivity index (χ0) is 20.6. The number of rotatable bonds is 9. The van der Waals surface area contributed by atoms with Gasteiger partial charge < -0.3 is 20.1 Å². The monoisotopic (exact) mass is 395 g/mol. The number of benzene rings is 2. The van der Waals surface area contributed by atoms with Crippen molar-refractivity contribution in [1.29, 1.82) is 0 Å². The number of aromatic amines is 1. The number of carbonyl (C=O) groups is 1. The molecule has 1 heterocycles. The lowest BCUT2D eigenvalue weighted by Gasteiger charge is -2.11. The molecule has 1 aromatic heterocycles. The van der Waals surface area contributed by atoms with E-state index in [1.807, 2.05) is 49.4 Å². The van der Waals surface area contributed by atoms with Gasteiger partial charge in [0.25, 0.3) is 5.91 Å². The number of hydrogen-bond acceptors (Lipinski definition) is 6. The van der Waals surface area contributed by atoms with Crippen LogP contribution < -0.4 is 20.1 Å². The summed E-state index contributed by atoms with van der Waals surface area (Å²) in [6.07, 6.45) is 0.967. The Morgan fingerprint density at radius 2 is 1.79 bits per heavy atom. The minimum absolute atomic E-state index is 0.197. The van der Waals surface area contributed by atoms with Gasteiger partial charge in [-0.1, -0.05) is 25.1 Å². The van der Waals surface area contributed by atoms with Crippen LogP contribution in [0.15, 0.2) is 42.5 Å². The number of aryl methyl sites for hydroxylation is 1. The maximum absolute atomic E-state index is 12.6. The van der Waals surface area contributed by atoms with Gasteiger partial charge in [0, 0.05) is 12.2 Å². The van der Waals surface area contributed by atoms with Crippen molar-refractivity contribution < 1.29 is 14.3 Å². The van der Waals surface area contributed by atoms with Crippen LogP contribution >= 0.6 is 0 Å². The molecule has 0 aliphatic rings. The highest BCUT2D eigenvalue weighted by Gasteiger charge is 2.17. The maximum atomic E-state index is 12.6. The van der Waals surface area contributed by atoms with Crippen LogP contribution in [0.3, 0.4) is 0 Å². The number of amides is 1. The van der Waals surface area contributed by atoms with Gasteiger partial charge in [0.05, 0.1) is 13.7 Å². The molecule has 0 unspecified atom stereocenters. The van der Waals surface area contributed by atoms with E-state index >= 15 is 0 Å². The fraction of sp³-hybridized carbons (Fsp3) is 0.286. The fourth-order valence-electron chi connectivity index (χ4n) is 2.80. The lowest BCUT2D eigenvalue weighted by Crippen LogP contribution is -2.24. The van der Waals surface area contributed by atoms with Gasteiger partial charge in [0.2, 0.25) is 0 Å². The van der Waals surface area contributed by atoms with Crippen molar-refractivity contribution in [2.75, 3.05) is 19.0 Å². The molecular weight excluding hydrogens is 370 g/mol. The highest BCUT2D eigenvalue weighted by molar-refractivity contribution is 5.97. The average Bonchev–Trinajstić information content (AvgIpc) is 3.21. The molecule has 2 aromatic carbocycles. The summed E-state index contributed by atoms with van der Waals surface area (Å²) in [5.74, 6) is 1.33. The standard InChI is InChI=1S/C21H25N5O3/c1-4-14-6-9-16(10-7-14)23-20-19(24-26-25-20)21(27)22-13-15-8-11-17(28-3)18(12-15)29-5-2/h6-12H,4-5,13H2,1-3H3,(H,22,27)(H2,23,24,25,26). The van der Waals surface area contributed by atoms with Crippen molar-refractivity contribution in [2.24, 2.45) is 0 Å². The summed E-state index contributed by atoms with van der Waals surface area (Å²) >= 11 is 0. The predicted molar refractivity (Wildman–Crippen MR) is 111 cm³/mol. The largest absolute Gasteiger partial charge is 0.493 e. The SMILES string of the molecule is CCOc1cc(CNC(=O)c2n[nH]nc2Nc2ccc(CC)cc2)ccc1OC. The number of H-pyrrole nitrogens is 1. The Morgan fingerprint density at radius 1 is 1.03 bits per heavy atom. The topological polar surface area (TPSA) is 101 Å². The van der Waals surface area contributed by atoms with Crippen LogP contribution in [0.4, 0.5) is 11.5 Å². The van der Waals surface area contributed by atoms with E-state index in [4.69, 9.17) is 9.47 Å². The van der Waals surface area contributed by atoms with Gasteiger partial charge in [0.1, 0.15) is 0 Å². The number of ether oxygens (including phenoxy) is 2. The highest BCUT2D eigenvalue weighted by Crippen LogP contribution is 2.28. The smallest absolute Gasteiger partial charge is 0.275 e. The summed E-state index contributed by atoms with van der Waals surface area (Å²) in [6.45, 7) is 4.85. The molecule has 3 aromatic rings. The van der Waals surface area contributed by atoms with Crippen molar-refractivity contribution in [3.05, 3.63) is 59.3 Å². The Hall–Kier alpha value is -3.55. The van der Waals surface area contributed by atoms with Crippen LogP contribution in [0.5, 0.6) is 11.5 Å². The molecule has 1 amide bonds. The second-order valence-electron chi connectivity index (χ2n) is 6.30. The third kappa shape index (κ3) is 5.04. The quantitative estimate of drug-likeness (QED) is 0.513. The Labute approximate surface area is 169 Å². The van der Waals surface area contributed by atoms with Gasteiger partial charge in [-0.15, -0.1) is 10.2 Å². The molecule has 0 aliphatic carbocycles. The molecule has 29 heavy (non-hydrogen) atoms. The number of nitrogens with one attached hydrogen (secondary N) is 3. The number of methoxy groups -OCH3 is 1. The van der Waals surface area contributed by atoms with Gasteiger partial charge in [-0.25, -0.2) is 0 Å². The van der Waals surface area contributed by atoms with Crippen molar-refractivity contribution in [3.8, 4) is 11.5 Å². The molecule has 0 saturated carbocycles. The van der Waals surface area contributed by atoms with Crippen LogP contribution in [0.25, 0.3) is 0 Å². The van der Waals surface area contributed by atoms with Gasteiger partial charge in [0.15, 0.2) is 23.0 Å². The Morgan fingerprint density at radius 3 is 2.48 bits per heavy atom. The highest BCUT2D eigenvalue weighted by atomic mass is 16.5. The molecular formula is C21H25N5O3. The zero-order valence-corrected chi connectivity index (χ0v) is 16.8. The van der Waals surface area contributed by atoms with E-state index in [0.717, 1.165) is 17.7 Å². The summed E-state index contributed by atoms with van der Waals surface area (Å²) < 4.78 is 10.9. The van der Waals surface area contributed by atoms with Crippen LogP contribution in [0.1, 0.15) is 35.5 Å². The average molecular weight is 395 g/mol. The first kappa shape index (κ1) is 20.2. The first-order valence-electron chi connectivity index (χ1n) is 9.49. The summed E-state index contributed by atoms with van der Waals surface area (Å²) in [7, 11) is 1.59. The zero-order valence-electron chi connectivity index (χ0n) is 16.8. The first-order valence-corrected chi connectivity index (χ1v) is 9.49. The third-order valence-electron chi connectivity index (χ3n) is 4.37. The molecule has 0 radical (unpaired) electrons. The second kappa shape index (κ2) is 9.59. The molecule has 0 fully saturated rings. The minimum atomic E-state index is -0.333. The van der Waals surface area contributed by atoms with E-state index < -0.39 is 0 Å². The summed E-state index contributed by atoms with van der Waals surface area (Å²) in [5, 5.41) is 16.5. The van der Waals surface area contributed by atoms with E-state index in [1.54, 1.807) is 7.11 Å². The van der Waals surface area contributed by atoms with Crippen LogP contribution in [0, 0.1) is 0 Å². The van der Waals surface area contributed by atoms with E-state index in [1.165, 1.54) is 5.56 Å².